The second-order valence-corrected chi connectivity index (χ2v) is 9.76. The van der Waals surface area contributed by atoms with Crippen LogP contribution in [0, 0.1) is 11.3 Å². The van der Waals surface area contributed by atoms with E-state index in [-0.39, 0.29) is 30.4 Å². The van der Waals surface area contributed by atoms with E-state index in [4.69, 9.17) is 4.74 Å². The van der Waals surface area contributed by atoms with Crippen LogP contribution < -0.4 is 5.32 Å². The number of carboxylic acid groups (broad SMARTS) is 1. The third kappa shape index (κ3) is 3.73. The standard InChI is InChI=1S/C27H30N2O5/c1-2-23(24(30)29-14-22(25(31)32)27(16-29)12-7-13-27)28-26(33)34-15-21-19-10-5-3-8-17(19)18-9-4-6-11-20(18)21/h3-6,8-11,21-23H,2,7,12-16H2,1H3,(H,28,33)(H,31,32). The van der Waals surface area contributed by atoms with E-state index in [2.05, 4.69) is 29.6 Å². The summed E-state index contributed by atoms with van der Waals surface area (Å²) in [7, 11) is 0. The summed E-state index contributed by atoms with van der Waals surface area (Å²) in [5.74, 6) is -1.65. The number of likely N-dealkylation sites (tertiary alicyclic amines) is 1. The van der Waals surface area contributed by atoms with Gasteiger partial charge in [0.15, 0.2) is 0 Å². The molecule has 1 aliphatic heterocycles. The Bertz CT molecular complexity index is 1080. The number of aliphatic carboxylic acids is 1. The van der Waals surface area contributed by atoms with E-state index in [9.17, 15) is 19.5 Å². The fraction of sp³-hybridized carbons (Fsp3) is 0.444. The molecule has 2 unspecified atom stereocenters. The third-order valence-corrected chi connectivity index (χ3v) is 7.95. The van der Waals surface area contributed by atoms with Crippen LogP contribution in [0.15, 0.2) is 48.5 Å². The minimum absolute atomic E-state index is 0.0534. The maximum atomic E-state index is 13.2. The summed E-state index contributed by atoms with van der Waals surface area (Å²) < 4.78 is 5.60. The summed E-state index contributed by atoms with van der Waals surface area (Å²) in [6, 6.07) is 15.5. The number of benzene rings is 2. The normalized spacial score (nSPS) is 20.9. The SMILES string of the molecule is CCC(NC(=O)OCC1c2ccccc2-c2ccccc21)C(=O)N1CC(C(=O)O)C2(CCC2)C1. The number of carbonyl (C=O) groups excluding carboxylic acids is 2. The predicted molar refractivity (Wildman–Crippen MR) is 126 cm³/mol. The fourth-order valence-electron chi connectivity index (χ4n) is 5.96. The largest absolute Gasteiger partial charge is 0.481 e. The first-order valence-corrected chi connectivity index (χ1v) is 12.1. The van der Waals surface area contributed by atoms with Crippen LogP contribution >= 0.6 is 0 Å². The number of hydrogen-bond acceptors (Lipinski definition) is 4. The fourth-order valence-corrected chi connectivity index (χ4v) is 5.96. The van der Waals surface area contributed by atoms with Crippen LogP contribution in [0.5, 0.6) is 0 Å². The lowest BCUT2D eigenvalue weighted by molar-refractivity contribution is -0.146. The van der Waals surface area contributed by atoms with Crippen molar-refractivity contribution >= 4 is 18.0 Å². The molecule has 1 heterocycles. The van der Waals surface area contributed by atoms with Crippen molar-refractivity contribution in [2.24, 2.45) is 11.3 Å². The van der Waals surface area contributed by atoms with Gasteiger partial charge in [0, 0.05) is 24.4 Å². The van der Waals surface area contributed by atoms with Crippen molar-refractivity contribution in [1.29, 1.82) is 0 Å². The zero-order valence-electron chi connectivity index (χ0n) is 19.3. The van der Waals surface area contributed by atoms with E-state index < -0.39 is 24.0 Å². The molecule has 2 aliphatic carbocycles. The minimum atomic E-state index is -0.840. The average molecular weight is 463 g/mol. The van der Waals surface area contributed by atoms with E-state index >= 15 is 0 Å². The summed E-state index contributed by atoms with van der Waals surface area (Å²) in [6.45, 7) is 2.66. The molecule has 0 radical (unpaired) electrons. The van der Waals surface area contributed by atoms with Crippen LogP contribution in [0.4, 0.5) is 4.79 Å². The van der Waals surface area contributed by atoms with E-state index in [0.717, 1.165) is 41.5 Å². The Morgan fingerprint density at radius 1 is 1.09 bits per heavy atom. The first kappa shape index (κ1) is 22.4. The van der Waals surface area contributed by atoms with Crippen LogP contribution in [0.2, 0.25) is 0 Å². The molecular weight excluding hydrogens is 432 g/mol. The minimum Gasteiger partial charge on any atom is -0.481 e. The zero-order valence-corrected chi connectivity index (χ0v) is 19.3. The highest BCUT2D eigenvalue weighted by Crippen LogP contribution is 2.52. The van der Waals surface area contributed by atoms with Gasteiger partial charge in [-0.05, 0) is 41.5 Å². The van der Waals surface area contributed by atoms with Gasteiger partial charge in [0.25, 0.3) is 0 Å². The molecule has 34 heavy (non-hydrogen) atoms. The maximum Gasteiger partial charge on any atom is 0.407 e. The number of hydrogen-bond donors (Lipinski definition) is 2. The van der Waals surface area contributed by atoms with Crippen LogP contribution in [-0.2, 0) is 14.3 Å². The Balaban J connectivity index is 1.22. The first-order chi connectivity index (χ1) is 16.4. The van der Waals surface area contributed by atoms with Crippen molar-refractivity contribution in [3.8, 4) is 11.1 Å². The smallest absolute Gasteiger partial charge is 0.407 e. The second-order valence-electron chi connectivity index (χ2n) is 9.76. The predicted octanol–water partition coefficient (Wildman–Crippen LogP) is 4.02. The molecule has 2 fully saturated rings. The average Bonchev–Trinajstić information content (AvgIpc) is 3.38. The Morgan fingerprint density at radius 2 is 1.71 bits per heavy atom. The Kier molecular flexibility index (Phi) is 5.80. The first-order valence-electron chi connectivity index (χ1n) is 12.1. The van der Waals surface area contributed by atoms with Gasteiger partial charge in [-0.25, -0.2) is 4.79 Å². The quantitative estimate of drug-likeness (QED) is 0.676. The number of amides is 2. The Morgan fingerprint density at radius 3 is 2.21 bits per heavy atom. The number of ether oxygens (including phenoxy) is 1. The molecule has 178 valence electrons. The molecule has 3 aliphatic rings. The molecule has 1 spiro atoms. The van der Waals surface area contributed by atoms with Crippen molar-refractivity contribution in [2.75, 3.05) is 19.7 Å². The van der Waals surface area contributed by atoms with E-state index in [1.807, 2.05) is 31.2 Å². The number of alkyl carbamates (subject to hydrolysis) is 1. The van der Waals surface area contributed by atoms with Gasteiger partial charge >= 0.3 is 12.1 Å². The van der Waals surface area contributed by atoms with Crippen LogP contribution in [0.1, 0.15) is 49.7 Å². The molecule has 7 nitrogen and oxygen atoms in total. The molecule has 7 heteroatoms. The highest BCUT2D eigenvalue weighted by molar-refractivity contribution is 5.87. The van der Waals surface area contributed by atoms with Gasteiger partial charge in [0.05, 0.1) is 5.92 Å². The van der Waals surface area contributed by atoms with Gasteiger partial charge in [-0.2, -0.15) is 0 Å². The van der Waals surface area contributed by atoms with Crippen molar-refractivity contribution in [2.45, 2.75) is 44.6 Å². The second kappa shape index (κ2) is 8.78. The molecule has 1 saturated carbocycles. The van der Waals surface area contributed by atoms with E-state index in [1.54, 1.807) is 4.90 Å². The highest BCUT2D eigenvalue weighted by Gasteiger charge is 2.55. The van der Waals surface area contributed by atoms with Gasteiger partial charge in [-0.3, -0.25) is 9.59 Å². The molecule has 2 aromatic carbocycles. The summed E-state index contributed by atoms with van der Waals surface area (Å²) in [5, 5.41) is 12.4. The van der Waals surface area contributed by atoms with Gasteiger partial charge in [0.1, 0.15) is 12.6 Å². The number of carboxylic acids is 1. The number of nitrogens with one attached hydrogen (secondary N) is 1. The summed E-state index contributed by atoms with van der Waals surface area (Å²) >= 11 is 0. The van der Waals surface area contributed by atoms with Crippen LogP contribution in [-0.4, -0.2) is 53.7 Å². The molecule has 2 aromatic rings. The lowest BCUT2D eigenvalue weighted by Gasteiger charge is -2.41. The summed E-state index contributed by atoms with van der Waals surface area (Å²) in [5.41, 5.74) is 4.26. The molecule has 0 bridgehead atoms. The van der Waals surface area contributed by atoms with Crippen LogP contribution in [0.3, 0.4) is 0 Å². The number of carbonyl (C=O) groups is 3. The van der Waals surface area contributed by atoms with Gasteiger partial charge in [-0.1, -0.05) is 61.9 Å². The molecule has 2 atom stereocenters. The van der Waals surface area contributed by atoms with Gasteiger partial charge in [0.2, 0.25) is 5.91 Å². The van der Waals surface area contributed by atoms with Crippen LogP contribution in [0.25, 0.3) is 11.1 Å². The van der Waals surface area contributed by atoms with Gasteiger partial charge in [-0.15, -0.1) is 0 Å². The topological polar surface area (TPSA) is 95.9 Å². The molecule has 2 amide bonds. The van der Waals surface area contributed by atoms with Crippen molar-refractivity contribution in [3.05, 3.63) is 59.7 Å². The molecular formula is C27H30N2O5. The number of rotatable bonds is 6. The zero-order chi connectivity index (χ0) is 23.9. The highest BCUT2D eigenvalue weighted by atomic mass is 16.5. The summed E-state index contributed by atoms with van der Waals surface area (Å²) in [4.78, 5) is 39.2. The maximum absolute atomic E-state index is 13.2. The molecule has 5 rings (SSSR count). The summed E-state index contributed by atoms with van der Waals surface area (Å²) in [6.07, 6.45) is 2.45. The number of fused-ring (bicyclic) bond motifs is 3. The molecule has 0 aromatic heterocycles. The molecule has 1 saturated heterocycles. The number of nitrogens with zero attached hydrogens (tertiary/aromatic N) is 1. The third-order valence-electron chi connectivity index (χ3n) is 7.95. The van der Waals surface area contributed by atoms with Crippen molar-refractivity contribution < 1.29 is 24.2 Å². The lowest BCUT2D eigenvalue weighted by atomic mass is 9.63. The van der Waals surface area contributed by atoms with Crippen molar-refractivity contribution in [1.82, 2.24) is 10.2 Å². The van der Waals surface area contributed by atoms with Crippen molar-refractivity contribution in [3.63, 3.8) is 0 Å². The monoisotopic (exact) mass is 462 g/mol. The van der Waals surface area contributed by atoms with Gasteiger partial charge < -0.3 is 20.1 Å². The Labute approximate surface area is 199 Å². The Hall–Kier alpha value is -3.35. The molecule has 2 N–H and O–H groups in total. The van der Waals surface area contributed by atoms with E-state index in [0.29, 0.717) is 13.0 Å². The van der Waals surface area contributed by atoms with E-state index in [1.165, 1.54) is 0 Å². The lowest BCUT2D eigenvalue weighted by Crippen LogP contribution is -2.48.